The average molecular weight is 367 g/mol. The van der Waals surface area contributed by atoms with Gasteiger partial charge in [-0.1, -0.05) is 30.3 Å². The number of hydrogen-bond donors (Lipinski definition) is 3. The molecule has 1 aromatic heterocycles. The van der Waals surface area contributed by atoms with Crippen molar-refractivity contribution in [2.45, 2.75) is 6.04 Å². The van der Waals surface area contributed by atoms with E-state index in [-0.39, 0.29) is 12.5 Å². The molecule has 0 aliphatic rings. The molecule has 0 saturated heterocycles. The Kier molecular flexibility index (Phi) is 5.73. The lowest BCUT2D eigenvalue weighted by Gasteiger charge is -2.15. The van der Waals surface area contributed by atoms with E-state index in [0.29, 0.717) is 22.9 Å². The number of hydrogen-bond acceptors (Lipinski definition) is 5. The third-order valence-electron chi connectivity index (χ3n) is 4.19. The van der Waals surface area contributed by atoms with Crippen molar-refractivity contribution in [3.05, 3.63) is 65.9 Å². The van der Waals surface area contributed by atoms with Crippen molar-refractivity contribution in [2.24, 2.45) is 0 Å². The van der Waals surface area contributed by atoms with Crippen LogP contribution in [0.25, 0.3) is 11.3 Å². The zero-order valence-electron chi connectivity index (χ0n) is 15.1. The molecule has 0 spiro atoms. The van der Waals surface area contributed by atoms with Crippen molar-refractivity contribution >= 4 is 5.91 Å². The SMILES string of the molecule is COc1ccc(-c2cc(C(=O)N[C@@H](CO)c3ccccc3)[nH]n2)cc1OC. The number of carbonyl (C=O) groups excluding carboxylic acids is 1. The molecule has 1 atom stereocenters. The molecule has 140 valence electrons. The van der Waals surface area contributed by atoms with Crippen LogP contribution < -0.4 is 14.8 Å². The molecule has 0 fully saturated rings. The highest BCUT2D eigenvalue weighted by atomic mass is 16.5. The topological polar surface area (TPSA) is 96.5 Å². The van der Waals surface area contributed by atoms with Crippen LogP contribution in [0.2, 0.25) is 0 Å². The van der Waals surface area contributed by atoms with Crippen LogP contribution in [-0.4, -0.2) is 42.0 Å². The maximum atomic E-state index is 12.5. The number of rotatable bonds is 7. The molecule has 3 rings (SSSR count). The van der Waals surface area contributed by atoms with Crippen LogP contribution in [0.15, 0.2) is 54.6 Å². The third kappa shape index (κ3) is 4.09. The number of nitrogens with zero attached hydrogens (tertiary/aromatic N) is 1. The fraction of sp³-hybridized carbons (Fsp3) is 0.200. The fourth-order valence-corrected chi connectivity index (χ4v) is 2.74. The molecular weight excluding hydrogens is 346 g/mol. The Balaban J connectivity index is 1.78. The second kappa shape index (κ2) is 8.37. The monoisotopic (exact) mass is 367 g/mol. The van der Waals surface area contributed by atoms with Crippen LogP contribution >= 0.6 is 0 Å². The molecule has 7 nitrogen and oxygen atoms in total. The Morgan fingerprint density at radius 3 is 2.52 bits per heavy atom. The van der Waals surface area contributed by atoms with Gasteiger partial charge in [-0.3, -0.25) is 9.89 Å². The minimum Gasteiger partial charge on any atom is -0.493 e. The van der Waals surface area contributed by atoms with Crippen LogP contribution in [0.4, 0.5) is 0 Å². The highest BCUT2D eigenvalue weighted by Crippen LogP contribution is 2.31. The first-order chi connectivity index (χ1) is 13.2. The van der Waals surface area contributed by atoms with Crippen LogP contribution in [0.1, 0.15) is 22.1 Å². The smallest absolute Gasteiger partial charge is 0.269 e. The third-order valence-corrected chi connectivity index (χ3v) is 4.19. The molecule has 2 aromatic carbocycles. The van der Waals surface area contributed by atoms with E-state index in [1.54, 1.807) is 32.4 Å². The lowest BCUT2D eigenvalue weighted by atomic mass is 10.1. The summed E-state index contributed by atoms with van der Waals surface area (Å²) in [4.78, 5) is 12.5. The molecule has 3 aromatic rings. The van der Waals surface area contributed by atoms with E-state index >= 15 is 0 Å². The normalized spacial score (nSPS) is 11.7. The first-order valence-electron chi connectivity index (χ1n) is 8.40. The summed E-state index contributed by atoms with van der Waals surface area (Å²) in [6, 6.07) is 15.8. The van der Waals surface area contributed by atoms with Crippen molar-refractivity contribution in [2.75, 3.05) is 20.8 Å². The Labute approximate surface area is 157 Å². The Bertz CT molecular complexity index is 909. The molecule has 0 saturated carbocycles. The summed E-state index contributed by atoms with van der Waals surface area (Å²) in [5, 5.41) is 19.3. The van der Waals surface area contributed by atoms with Crippen LogP contribution in [0.5, 0.6) is 11.5 Å². The molecular formula is C20H21N3O4. The second-order valence-electron chi connectivity index (χ2n) is 5.86. The molecule has 7 heteroatoms. The van der Waals surface area contributed by atoms with Gasteiger partial charge in [-0.25, -0.2) is 0 Å². The number of ether oxygens (including phenoxy) is 2. The number of aliphatic hydroxyl groups is 1. The Morgan fingerprint density at radius 2 is 1.85 bits per heavy atom. The second-order valence-corrected chi connectivity index (χ2v) is 5.86. The van der Waals surface area contributed by atoms with Gasteiger partial charge in [0.2, 0.25) is 0 Å². The number of aromatic nitrogens is 2. The lowest BCUT2D eigenvalue weighted by Crippen LogP contribution is -2.31. The molecule has 1 heterocycles. The molecule has 3 N–H and O–H groups in total. The molecule has 0 aliphatic heterocycles. The molecule has 0 unspecified atom stereocenters. The molecule has 0 aliphatic carbocycles. The highest BCUT2D eigenvalue weighted by molar-refractivity contribution is 5.93. The first kappa shape index (κ1) is 18.5. The maximum absolute atomic E-state index is 12.5. The van der Waals surface area contributed by atoms with Gasteiger partial charge < -0.3 is 19.9 Å². The van der Waals surface area contributed by atoms with E-state index in [4.69, 9.17) is 9.47 Å². The van der Waals surface area contributed by atoms with Crippen molar-refractivity contribution in [3.8, 4) is 22.8 Å². The number of aromatic amines is 1. The number of aliphatic hydroxyl groups excluding tert-OH is 1. The van der Waals surface area contributed by atoms with Gasteiger partial charge >= 0.3 is 0 Å². The number of methoxy groups -OCH3 is 2. The van der Waals surface area contributed by atoms with Gasteiger partial charge in [-0.15, -0.1) is 0 Å². The van der Waals surface area contributed by atoms with E-state index < -0.39 is 6.04 Å². The summed E-state index contributed by atoms with van der Waals surface area (Å²) in [5.41, 5.74) is 2.51. The van der Waals surface area contributed by atoms with Gasteiger partial charge in [0, 0.05) is 5.56 Å². The molecule has 1 amide bonds. The molecule has 0 radical (unpaired) electrons. The summed E-state index contributed by atoms with van der Waals surface area (Å²) in [5.74, 6) is 0.842. The van der Waals surface area contributed by atoms with Gasteiger partial charge in [-0.05, 0) is 29.8 Å². The predicted molar refractivity (Wildman–Crippen MR) is 101 cm³/mol. The maximum Gasteiger partial charge on any atom is 0.269 e. The van der Waals surface area contributed by atoms with Crippen molar-refractivity contribution in [1.29, 1.82) is 0 Å². The van der Waals surface area contributed by atoms with E-state index in [0.717, 1.165) is 11.1 Å². The zero-order chi connectivity index (χ0) is 19.2. The molecule has 0 bridgehead atoms. The van der Waals surface area contributed by atoms with Gasteiger partial charge in [0.05, 0.1) is 32.6 Å². The average Bonchev–Trinajstić information content (AvgIpc) is 3.22. The summed E-state index contributed by atoms with van der Waals surface area (Å²) in [7, 11) is 3.13. The summed E-state index contributed by atoms with van der Waals surface area (Å²) < 4.78 is 10.5. The van der Waals surface area contributed by atoms with Crippen LogP contribution in [0, 0.1) is 0 Å². The highest BCUT2D eigenvalue weighted by Gasteiger charge is 2.17. The quantitative estimate of drug-likeness (QED) is 0.596. The zero-order valence-corrected chi connectivity index (χ0v) is 15.1. The van der Waals surface area contributed by atoms with Gasteiger partial charge in [-0.2, -0.15) is 5.10 Å². The minimum absolute atomic E-state index is 0.202. The first-order valence-corrected chi connectivity index (χ1v) is 8.40. The van der Waals surface area contributed by atoms with E-state index in [1.807, 2.05) is 36.4 Å². The van der Waals surface area contributed by atoms with E-state index in [1.165, 1.54) is 0 Å². The summed E-state index contributed by atoms with van der Waals surface area (Å²) >= 11 is 0. The van der Waals surface area contributed by atoms with Crippen LogP contribution in [0.3, 0.4) is 0 Å². The summed E-state index contributed by atoms with van der Waals surface area (Å²) in [6.07, 6.45) is 0. The fourth-order valence-electron chi connectivity index (χ4n) is 2.74. The number of carbonyl (C=O) groups is 1. The van der Waals surface area contributed by atoms with Crippen LogP contribution in [-0.2, 0) is 0 Å². The number of amides is 1. The van der Waals surface area contributed by atoms with E-state index in [9.17, 15) is 9.90 Å². The summed E-state index contributed by atoms with van der Waals surface area (Å²) in [6.45, 7) is -0.202. The van der Waals surface area contributed by atoms with Crippen molar-refractivity contribution in [1.82, 2.24) is 15.5 Å². The number of H-pyrrole nitrogens is 1. The van der Waals surface area contributed by atoms with Crippen molar-refractivity contribution < 1.29 is 19.4 Å². The van der Waals surface area contributed by atoms with Gasteiger partial charge in [0.15, 0.2) is 11.5 Å². The number of benzene rings is 2. The van der Waals surface area contributed by atoms with Gasteiger partial charge in [0.1, 0.15) is 5.69 Å². The standard InChI is InChI=1S/C20H21N3O4/c1-26-18-9-8-14(10-19(18)27-2)15-11-16(23-22-15)20(25)21-17(12-24)13-6-4-3-5-7-13/h3-11,17,24H,12H2,1-2H3,(H,21,25)(H,22,23)/t17-/m0/s1. The Morgan fingerprint density at radius 1 is 1.11 bits per heavy atom. The van der Waals surface area contributed by atoms with Gasteiger partial charge in [0.25, 0.3) is 5.91 Å². The van der Waals surface area contributed by atoms with Crippen molar-refractivity contribution in [3.63, 3.8) is 0 Å². The lowest BCUT2D eigenvalue weighted by molar-refractivity contribution is 0.0911. The predicted octanol–water partition coefficient (Wildman–Crippen LogP) is 2.56. The van der Waals surface area contributed by atoms with E-state index in [2.05, 4.69) is 15.5 Å². The minimum atomic E-state index is -0.494. The number of nitrogens with one attached hydrogen (secondary N) is 2. The largest absolute Gasteiger partial charge is 0.493 e. The molecule has 27 heavy (non-hydrogen) atoms. The Hall–Kier alpha value is -3.32.